The lowest BCUT2D eigenvalue weighted by Gasteiger charge is -2.22. The van der Waals surface area contributed by atoms with Gasteiger partial charge in [0.25, 0.3) is 0 Å². The van der Waals surface area contributed by atoms with Crippen molar-refractivity contribution in [3.05, 3.63) is 0 Å². The van der Waals surface area contributed by atoms with Gasteiger partial charge in [-0.1, -0.05) is 0 Å². The molecule has 0 saturated carbocycles. The van der Waals surface area contributed by atoms with Crippen molar-refractivity contribution in [3.8, 4) is 0 Å². The molecule has 4 heteroatoms. The maximum atomic E-state index is 11.5. The summed E-state index contributed by atoms with van der Waals surface area (Å²) in [6.45, 7) is 3.82. The quantitative estimate of drug-likeness (QED) is 0.610. The van der Waals surface area contributed by atoms with E-state index in [4.69, 9.17) is 0 Å². The Balaban J connectivity index is 2.43. The number of hydrogen-bond donors (Lipinski definition) is 1. The van der Waals surface area contributed by atoms with Crippen molar-refractivity contribution in [3.63, 3.8) is 0 Å². The molecular weight excluding hydrogens is 156 g/mol. The predicted octanol–water partition coefficient (Wildman–Crippen LogP) is 0.125. The summed E-state index contributed by atoms with van der Waals surface area (Å²) in [7, 11) is 1.77. The highest BCUT2D eigenvalue weighted by Crippen LogP contribution is 2.10. The highest BCUT2D eigenvalue weighted by molar-refractivity contribution is 5.74. The topological polar surface area (TPSA) is 43.8 Å². The molecule has 1 atom stereocenters. The summed E-state index contributed by atoms with van der Waals surface area (Å²) in [4.78, 5) is 14.8. The first-order valence-corrected chi connectivity index (χ1v) is 4.33. The van der Waals surface area contributed by atoms with Gasteiger partial charge >= 0.3 is 6.03 Å². The van der Waals surface area contributed by atoms with E-state index in [1.807, 2.05) is 6.92 Å². The van der Waals surface area contributed by atoms with Gasteiger partial charge in [0.2, 0.25) is 0 Å². The summed E-state index contributed by atoms with van der Waals surface area (Å²) in [6, 6.07) is 0.0223. The standard InChI is InChI=1S/C8H16N2O2/c1-3-9(2)8(12)10-5-4-7(11)6-10/h7,11H,3-6H2,1-2H3/t7-/m1/s1. The normalized spacial score (nSPS) is 22.9. The molecule has 12 heavy (non-hydrogen) atoms. The SMILES string of the molecule is CCN(C)C(=O)N1CC[C@@H](O)C1. The predicted molar refractivity (Wildman–Crippen MR) is 45.9 cm³/mol. The number of hydrogen-bond acceptors (Lipinski definition) is 2. The third-order valence-corrected chi connectivity index (χ3v) is 2.23. The van der Waals surface area contributed by atoms with Gasteiger partial charge in [-0.15, -0.1) is 0 Å². The zero-order chi connectivity index (χ0) is 9.14. The van der Waals surface area contributed by atoms with E-state index in [1.165, 1.54) is 0 Å². The van der Waals surface area contributed by atoms with Crippen LogP contribution >= 0.6 is 0 Å². The molecule has 1 N–H and O–H groups in total. The molecule has 70 valence electrons. The number of aliphatic hydroxyl groups excluding tert-OH is 1. The highest BCUT2D eigenvalue weighted by atomic mass is 16.3. The Kier molecular flexibility index (Phi) is 2.92. The minimum absolute atomic E-state index is 0.0223. The summed E-state index contributed by atoms with van der Waals surface area (Å²) in [5, 5.41) is 9.19. The van der Waals surface area contributed by atoms with E-state index in [0.717, 1.165) is 0 Å². The third kappa shape index (κ3) is 1.88. The summed E-state index contributed by atoms with van der Waals surface area (Å²) >= 11 is 0. The Bertz CT molecular complexity index is 172. The fourth-order valence-corrected chi connectivity index (χ4v) is 1.29. The molecule has 2 amide bonds. The number of aliphatic hydroxyl groups is 1. The average molecular weight is 172 g/mol. The number of carbonyl (C=O) groups excluding carboxylic acids is 1. The molecule has 0 unspecified atom stereocenters. The molecular formula is C8H16N2O2. The van der Waals surface area contributed by atoms with Gasteiger partial charge in [-0.2, -0.15) is 0 Å². The van der Waals surface area contributed by atoms with Crippen molar-refractivity contribution in [1.82, 2.24) is 9.80 Å². The lowest BCUT2D eigenvalue weighted by atomic mass is 10.3. The smallest absolute Gasteiger partial charge is 0.319 e. The molecule has 1 saturated heterocycles. The Morgan fingerprint density at radius 2 is 2.42 bits per heavy atom. The molecule has 0 radical (unpaired) electrons. The Labute approximate surface area is 72.8 Å². The molecule has 0 aromatic heterocycles. The van der Waals surface area contributed by atoms with Crippen LogP contribution in [0.3, 0.4) is 0 Å². The van der Waals surface area contributed by atoms with Gasteiger partial charge in [0.1, 0.15) is 0 Å². The molecule has 1 aliphatic heterocycles. The van der Waals surface area contributed by atoms with Gasteiger partial charge in [0.15, 0.2) is 0 Å². The van der Waals surface area contributed by atoms with Crippen molar-refractivity contribution >= 4 is 6.03 Å². The first kappa shape index (κ1) is 9.32. The lowest BCUT2D eigenvalue weighted by molar-refractivity contribution is 0.154. The maximum Gasteiger partial charge on any atom is 0.319 e. The zero-order valence-electron chi connectivity index (χ0n) is 7.66. The highest BCUT2D eigenvalue weighted by Gasteiger charge is 2.25. The van der Waals surface area contributed by atoms with Crippen LogP contribution in [0.1, 0.15) is 13.3 Å². The van der Waals surface area contributed by atoms with Crippen LogP contribution in [0.15, 0.2) is 0 Å². The molecule has 1 rings (SSSR count). The maximum absolute atomic E-state index is 11.5. The molecule has 1 fully saturated rings. The second-order valence-corrected chi connectivity index (χ2v) is 3.19. The Morgan fingerprint density at radius 1 is 1.75 bits per heavy atom. The van der Waals surface area contributed by atoms with E-state index in [1.54, 1.807) is 16.8 Å². The summed E-state index contributed by atoms with van der Waals surface area (Å²) in [6.07, 6.45) is 0.391. The van der Waals surface area contributed by atoms with Gasteiger partial charge in [0.05, 0.1) is 6.10 Å². The fourth-order valence-electron chi connectivity index (χ4n) is 1.29. The van der Waals surface area contributed by atoms with E-state index in [0.29, 0.717) is 26.1 Å². The summed E-state index contributed by atoms with van der Waals surface area (Å²) in [5.41, 5.74) is 0. The van der Waals surface area contributed by atoms with Crippen molar-refractivity contribution in [1.29, 1.82) is 0 Å². The fraction of sp³-hybridized carbons (Fsp3) is 0.875. The van der Waals surface area contributed by atoms with Gasteiger partial charge in [-0.25, -0.2) is 4.79 Å². The number of β-amino-alcohol motifs (C(OH)–C–C–N with tert-alkyl or cyclic N) is 1. The number of nitrogens with zero attached hydrogens (tertiary/aromatic N) is 2. The first-order valence-electron chi connectivity index (χ1n) is 4.33. The summed E-state index contributed by atoms with van der Waals surface area (Å²) < 4.78 is 0. The Hall–Kier alpha value is -0.770. The van der Waals surface area contributed by atoms with Gasteiger partial charge in [0, 0.05) is 26.7 Å². The molecule has 0 bridgehead atoms. The van der Waals surface area contributed by atoms with Crippen LogP contribution in [0.2, 0.25) is 0 Å². The van der Waals surface area contributed by atoms with E-state index >= 15 is 0 Å². The average Bonchev–Trinajstić information content (AvgIpc) is 2.49. The van der Waals surface area contributed by atoms with Crippen LogP contribution in [0.5, 0.6) is 0 Å². The molecule has 0 spiro atoms. The number of rotatable bonds is 1. The molecule has 0 aromatic rings. The van der Waals surface area contributed by atoms with Crippen LogP contribution in [-0.4, -0.2) is 53.7 Å². The monoisotopic (exact) mass is 172 g/mol. The van der Waals surface area contributed by atoms with Crippen molar-refractivity contribution in [2.75, 3.05) is 26.7 Å². The van der Waals surface area contributed by atoms with Crippen LogP contribution in [0.4, 0.5) is 4.79 Å². The van der Waals surface area contributed by atoms with Crippen LogP contribution in [0, 0.1) is 0 Å². The lowest BCUT2D eigenvalue weighted by Crippen LogP contribution is -2.40. The van der Waals surface area contributed by atoms with Crippen LogP contribution < -0.4 is 0 Å². The number of amides is 2. The van der Waals surface area contributed by atoms with Crippen molar-refractivity contribution < 1.29 is 9.90 Å². The van der Waals surface area contributed by atoms with Crippen molar-refractivity contribution in [2.24, 2.45) is 0 Å². The number of carbonyl (C=O) groups is 1. The first-order chi connectivity index (χ1) is 5.65. The molecule has 0 aromatic carbocycles. The minimum Gasteiger partial charge on any atom is -0.391 e. The Morgan fingerprint density at radius 3 is 2.83 bits per heavy atom. The second-order valence-electron chi connectivity index (χ2n) is 3.19. The number of urea groups is 1. The van der Waals surface area contributed by atoms with Gasteiger partial charge in [-0.05, 0) is 13.3 Å². The van der Waals surface area contributed by atoms with E-state index in [2.05, 4.69) is 0 Å². The van der Waals surface area contributed by atoms with E-state index in [9.17, 15) is 9.90 Å². The van der Waals surface area contributed by atoms with Gasteiger partial charge < -0.3 is 14.9 Å². The molecule has 4 nitrogen and oxygen atoms in total. The minimum atomic E-state index is -0.320. The molecule has 1 aliphatic rings. The molecule has 1 heterocycles. The largest absolute Gasteiger partial charge is 0.391 e. The summed E-state index contributed by atoms with van der Waals surface area (Å²) in [5.74, 6) is 0. The second kappa shape index (κ2) is 3.76. The van der Waals surface area contributed by atoms with E-state index < -0.39 is 0 Å². The number of likely N-dealkylation sites (tertiary alicyclic amines) is 1. The van der Waals surface area contributed by atoms with E-state index in [-0.39, 0.29) is 12.1 Å². The van der Waals surface area contributed by atoms with Crippen LogP contribution in [-0.2, 0) is 0 Å². The van der Waals surface area contributed by atoms with Gasteiger partial charge in [-0.3, -0.25) is 0 Å². The molecule has 0 aliphatic carbocycles. The van der Waals surface area contributed by atoms with Crippen molar-refractivity contribution in [2.45, 2.75) is 19.4 Å². The third-order valence-electron chi connectivity index (χ3n) is 2.23. The zero-order valence-corrected chi connectivity index (χ0v) is 7.66. The van der Waals surface area contributed by atoms with Crippen LogP contribution in [0.25, 0.3) is 0 Å².